The van der Waals surface area contributed by atoms with Crippen LogP contribution in [0.15, 0.2) is 30.9 Å². The third-order valence-electron chi connectivity index (χ3n) is 7.98. The highest BCUT2D eigenvalue weighted by Gasteiger charge is 2.27. The molecule has 1 aromatic carbocycles. The van der Waals surface area contributed by atoms with Crippen LogP contribution in [0.5, 0.6) is 0 Å². The lowest BCUT2D eigenvalue weighted by molar-refractivity contribution is -0.114. The second kappa shape index (κ2) is 13.7. The zero-order chi connectivity index (χ0) is 28.6. The third-order valence-corrected chi connectivity index (χ3v) is 7.98. The molecule has 0 spiro atoms. The first-order valence-corrected chi connectivity index (χ1v) is 14.4. The fourth-order valence-electron chi connectivity index (χ4n) is 5.57. The van der Waals surface area contributed by atoms with Crippen molar-refractivity contribution in [2.45, 2.75) is 52.0 Å². The number of ketones is 1. The van der Waals surface area contributed by atoms with Gasteiger partial charge < -0.3 is 26.2 Å². The van der Waals surface area contributed by atoms with Crippen LogP contribution < -0.4 is 21.3 Å². The number of primary amides is 1. The Morgan fingerprint density at radius 1 is 1.10 bits per heavy atom. The quantitative estimate of drug-likeness (QED) is 0.271. The molecule has 40 heavy (non-hydrogen) atoms. The van der Waals surface area contributed by atoms with Crippen LogP contribution in [0.1, 0.15) is 54.4 Å². The minimum Gasteiger partial charge on any atom is -0.371 e. The SMILES string of the molecule is C=CC(=O)CCCNc1nc(Nc2ccc(N3CCC(N4CCN(C)CC4)CC3)c(C)c2)c(C(N)=O)nc1CC. The summed E-state index contributed by atoms with van der Waals surface area (Å²) in [6.07, 6.45) is 5.34. The highest BCUT2D eigenvalue weighted by atomic mass is 16.1. The van der Waals surface area contributed by atoms with Crippen LogP contribution in [0.2, 0.25) is 0 Å². The molecule has 0 radical (unpaired) electrons. The molecule has 0 aliphatic carbocycles. The Morgan fingerprint density at radius 3 is 2.45 bits per heavy atom. The standard InChI is InChI=1S/C30H44N8O2/c1-5-24(39)8-7-13-32-29-25(6-2)34-27(28(31)40)30(35-29)33-22-9-10-26(21(3)20-22)38-14-11-23(12-15-38)37-18-16-36(4)17-19-37/h5,9-10,20,23H,1,6-8,11-19H2,2-4H3,(H2,31,40)(H2,32,33,35). The normalized spacial score (nSPS) is 17.0. The Hall–Kier alpha value is -3.50. The lowest BCUT2D eigenvalue weighted by Crippen LogP contribution is -2.52. The summed E-state index contributed by atoms with van der Waals surface area (Å²) in [6.45, 7) is 14.9. The molecule has 4 N–H and O–H groups in total. The van der Waals surface area contributed by atoms with Crippen molar-refractivity contribution in [3.63, 3.8) is 0 Å². The summed E-state index contributed by atoms with van der Waals surface area (Å²) in [5.74, 6) is 0.268. The van der Waals surface area contributed by atoms with Gasteiger partial charge in [-0.15, -0.1) is 0 Å². The Labute approximate surface area is 238 Å². The van der Waals surface area contributed by atoms with Gasteiger partial charge in [0.25, 0.3) is 5.91 Å². The van der Waals surface area contributed by atoms with E-state index in [4.69, 9.17) is 5.73 Å². The first-order valence-electron chi connectivity index (χ1n) is 14.4. The number of nitrogens with zero attached hydrogens (tertiary/aromatic N) is 5. The summed E-state index contributed by atoms with van der Waals surface area (Å²) in [4.78, 5) is 40.5. The number of nitrogens with two attached hydrogens (primary N) is 1. The van der Waals surface area contributed by atoms with Gasteiger partial charge in [-0.3, -0.25) is 14.5 Å². The number of nitrogens with one attached hydrogen (secondary N) is 2. The summed E-state index contributed by atoms with van der Waals surface area (Å²) in [5.41, 5.74) is 9.65. The molecule has 2 aliphatic heterocycles. The van der Waals surface area contributed by atoms with Crippen molar-refractivity contribution in [3.05, 3.63) is 47.8 Å². The lowest BCUT2D eigenvalue weighted by Gasteiger charge is -2.43. The molecule has 2 fully saturated rings. The van der Waals surface area contributed by atoms with Gasteiger partial charge in [0.15, 0.2) is 17.3 Å². The zero-order valence-electron chi connectivity index (χ0n) is 24.2. The minimum atomic E-state index is -0.635. The Kier molecular flexibility index (Phi) is 10.1. The molecule has 1 amide bonds. The van der Waals surface area contributed by atoms with Gasteiger partial charge in [-0.25, -0.2) is 9.97 Å². The average molecular weight is 549 g/mol. The number of anilines is 4. The Morgan fingerprint density at radius 2 is 1.82 bits per heavy atom. The van der Waals surface area contributed by atoms with E-state index in [9.17, 15) is 9.59 Å². The summed E-state index contributed by atoms with van der Waals surface area (Å²) >= 11 is 0. The highest BCUT2D eigenvalue weighted by Crippen LogP contribution is 2.30. The molecule has 0 unspecified atom stereocenters. The number of aromatic nitrogens is 2. The number of aryl methyl sites for hydroxylation is 2. The number of piperazine rings is 1. The summed E-state index contributed by atoms with van der Waals surface area (Å²) in [6, 6.07) is 6.91. The molecule has 216 valence electrons. The molecule has 0 bridgehead atoms. The number of likely N-dealkylation sites (N-methyl/N-ethyl adjacent to an activating group) is 1. The fraction of sp³-hybridized carbons (Fsp3) is 0.533. The number of carbonyl (C=O) groups excluding carboxylic acids is 2. The van der Waals surface area contributed by atoms with Crippen molar-refractivity contribution in [1.82, 2.24) is 19.8 Å². The fourth-order valence-corrected chi connectivity index (χ4v) is 5.57. The molecule has 0 saturated carbocycles. The van der Waals surface area contributed by atoms with E-state index in [0.717, 1.165) is 37.4 Å². The molecular formula is C30H44N8O2. The van der Waals surface area contributed by atoms with E-state index < -0.39 is 5.91 Å². The predicted octanol–water partition coefficient (Wildman–Crippen LogP) is 3.35. The van der Waals surface area contributed by atoms with E-state index in [0.29, 0.717) is 49.2 Å². The Bertz CT molecular complexity index is 1200. The number of benzene rings is 1. The number of rotatable bonds is 12. The minimum absolute atomic E-state index is 0.00764. The molecular weight excluding hydrogens is 504 g/mol. The van der Waals surface area contributed by atoms with E-state index in [1.165, 1.54) is 37.7 Å². The van der Waals surface area contributed by atoms with Gasteiger partial charge in [-0.1, -0.05) is 13.5 Å². The number of carbonyl (C=O) groups is 2. The van der Waals surface area contributed by atoms with Crippen LogP contribution in [0.4, 0.5) is 23.0 Å². The molecule has 2 aromatic rings. The van der Waals surface area contributed by atoms with Crippen LogP contribution in [-0.4, -0.2) is 90.4 Å². The molecule has 3 heterocycles. The molecule has 2 aliphatic rings. The van der Waals surface area contributed by atoms with Crippen molar-refractivity contribution in [2.75, 3.05) is 68.4 Å². The number of amides is 1. The average Bonchev–Trinajstić information content (AvgIpc) is 2.95. The molecule has 4 rings (SSSR count). The molecule has 10 nitrogen and oxygen atoms in total. The van der Waals surface area contributed by atoms with E-state index in [1.54, 1.807) is 0 Å². The van der Waals surface area contributed by atoms with Crippen molar-refractivity contribution >= 4 is 34.7 Å². The maximum absolute atomic E-state index is 12.2. The van der Waals surface area contributed by atoms with Crippen molar-refractivity contribution in [3.8, 4) is 0 Å². The van der Waals surface area contributed by atoms with E-state index >= 15 is 0 Å². The van der Waals surface area contributed by atoms with Crippen LogP contribution in [0.25, 0.3) is 0 Å². The van der Waals surface area contributed by atoms with Gasteiger partial charge >= 0.3 is 0 Å². The zero-order valence-corrected chi connectivity index (χ0v) is 24.2. The first-order chi connectivity index (χ1) is 19.3. The third kappa shape index (κ3) is 7.37. The topological polar surface area (TPSA) is 120 Å². The molecule has 0 atom stereocenters. The number of hydrogen-bond acceptors (Lipinski definition) is 9. The van der Waals surface area contributed by atoms with Crippen LogP contribution in [-0.2, 0) is 11.2 Å². The highest BCUT2D eigenvalue weighted by molar-refractivity contribution is 5.96. The molecule has 2 saturated heterocycles. The van der Waals surface area contributed by atoms with Crippen molar-refractivity contribution in [1.29, 1.82) is 0 Å². The maximum Gasteiger partial charge on any atom is 0.271 e. The summed E-state index contributed by atoms with van der Waals surface area (Å²) in [7, 11) is 2.20. The van der Waals surface area contributed by atoms with E-state index in [2.05, 4.69) is 68.0 Å². The van der Waals surface area contributed by atoms with Crippen molar-refractivity contribution in [2.24, 2.45) is 5.73 Å². The van der Waals surface area contributed by atoms with Crippen LogP contribution >= 0.6 is 0 Å². The van der Waals surface area contributed by atoms with E-state index in [1.807, 2.05) is 13.0 Å². The van der Waals surface area contributed by atoms with Gasteiger partial charge in [0.05, 0.1) is 5.69 Å². The lowest BCUT2D eigenvalue weighted by atomic mass is 10.0. The monoisotopic (exact) mass is 548 g/mol. The second-order valence-electron chi connectivity index (χ2n) is 10.8. The predicted molar refractivity (Wildman–Crippen MR) is 162 cm³/mol. The number of allylic oxidation sites excluding steroid dienone is 1. The van der Waals surface area contributed by atoms with Gasteiger partial charge in [-0.2, -0.15) is 0 Å². The van der Waals surface area contributed by atoms with E-state index in [-0.39, 0.29) is 11.5 Å². The van der Waals surface area contributed by atoms with Gasteiger partial charge in [0.2, 0.25) is 0 Å². The summed E-state index contributed by atoms with van der Waals surface area (Å²) < 4.78 is 0. The second-order valence-corrected chi connectivity index (χ2v) is 10.8. The van der Waals surface area contributed by atoms with Gasteiger partial charge in [-0.05, 0) is 69.5 Å². The number of hydrogen-bond donors (Lipinski definition) is 3. The molecule has 1 aromatic heterocycles. The van der Waals surface area contributed by atoms with Gasteiger partial charge in [0.1, 0.15) is 5.82 Å². The van der Waals surface area contributed by atoms with Crippen molar-refractivity contribution < 1.29 is 9.59 Å². The smallest absolute Gasteiger partial charge is 0.271 e. The molecule has 10 heteroatoms. The number of piperidine rings is 1. The Balaban J connectivity index is 1.43. The maximum atomic E-state index is 12.2. The van der Waals surface area contributed by atoms with Gasteiger partial charge in [0, 0.05) is 69.7 Å². The first kappa shape index (κ1) is 29.5. The summed E-state index contributed by atoms with van der Waals surface area (Å²) in [5, 5.41) is 6.54. The van der Waals surface area contributed by atoms with Crippen LogP contribution in [0, 0.1) is 6.92 Å². The van der Waals surface area contributed by atoms with Crippen LogP contribution in [0.3, 0.4) is 0 Å². The largest absolute Gasteiger partial charge is 0.371 e.